The minimum atomic E-state index is 0.778. The van der Waals surface area contributed by atoms with Crippen LogP contribution in [0.2, 0.25) is 0 Å². The van der Waals surface area contributed by atoms with Crippen LogP contribution in [0.15, 0.2) is 0 Å². The Morgan fingerprint density at radius 2 is 0.727 bits per heavy atom. The lowest BCUT2D eigenvalue weighted by Gasteiger charge is -2.09. The Morgan fingerprint density at radius 1 is 0.455 bits per heavy atom. The van der Waals surface area contributed by atoms with E-state index in [4.69, 9.17) is 9.47 Å². The highest BCUT2D eigenvalue weighted by Gasteiger charge is 1.95. The summed E-state index contributed by atoms with van der Waals surface area (Å²) in [5, 5.41) is 0. The Hall–Kier alpha value is -0.0800. The fourth-order valence-corrected chi connectivity index (χ4v) is 1.32. The summed E-state index contributed by atoms with van der Waals surface area (Å²) in [6.45, 7) is 3.11. The molecular formula is C9H18O2. The molecule has 1 aliphatic carbocycles. The fraction of sp³-hybridized carbons (Fsp3) is 1.00. The monoisotopic (exact) mass is 158 g/mol. The van der Waals surface area contributed by atoms with Crippen LogP contribution in [0, 0.1) is 0 Å². The maximum Gasteiger partial charge on any atom is 0.0701 e. The lowest BCUT2D eigenvalue weighted by Crippen LogP contribution is -2.16. The molecule has 0 N–H and O–H groups in total. The van der Waals surface area contributed by atoms with Gasteiger partial charge in [0.25, 0.3) is 0 Å². The van der Waals surface area contributed by atoms with Crippen LogP contribution in [0.25, 0.3) is 0 Å². The maximum absolute atomic E-state index is 4.94. The van der Waals surface area contributed by atoms with Crippen LogP contribution in [-0.4, -0.2) is 26.4 Å². The first kappa shape index (κ1) is 9.01. The summed E-state index contributed by atoms with van der Waals surface area (Å²) in [5.41, 5.74) is 0. The molecule has 1 saturated heterocycles. The van der Waals surface area contributed by atoms with Gasteiger partial charge in [-0.1, -0.05) is 32.1 Å². The van der Waals surface area contributed by atoms with E-state index in [9.17, 15) is 0 Å². The van der Waals surface area contributed by atoms with Crippen LogP contribution >= 0.6 is 0 Å². The summed E-state index contributed by atoms with van der Waals surface area (Å²) in [7, 11) is 0. The van der Waals surface area contributed by atoms with Gasteiger partial charge in [0.1, 0.15) is 0 Å². The predicted molar refractivity (Wildman–Crippen MR) is 44.7 cm³/mol. The van der Waals surface area contributed by atoms with Crippen molar-refractivity contribution in [1.29, 1.82) is 0 Å². The Bertz CT molecular complexity index is 56.5. The van der Waals surface area contributed by atoms with E-state index in [-0.39, 0.29) is 0 Å². The van der Waals surface area contributed by atoms with Gasteiger partial charge < -0.3 is 9.47 Å². The molecule has 0 amide bonds. The van der Waals surface area contributed by atoms with Crippen LogP contribution in [0.4, 0.5) is 0 Å². The first-order valence-electron chi connectivity index (χ1n) is 4.65. The zero-order valence-electron chi connectivity index (χ0n) is 7.18. The smallest absolute Gasteiger partial charge is 0.0701 e. The van der Waals surface area contributed by atoms with Gasteiger partial charge in [0.15, 0.2) is 0 Å². The summed E-state index contributed by atoms with van der Waals surface area (Å²) in [6, 6.07) is 0. The Kier molecular flexibility index (Phi) is 5.42. The molecule has 1 saturated carbocycles. The van der Waals surface area contributed by atoms with Crippen molar-refractivity contribution >= 4 is 0 Å². The zero-order valence-corrected chi connectivity index (χ0v) is 7.18. The molecule has 0 atom stereocenters. The third-order valence-electron chi connectivity index (χ3n) is 1.99. The van der Waals surface area contributed by atoms with E-state index in [1.54, 1.807) is 0 Å². The molecule has 11 heavy (non-hydrogen) atoms. The Balaban J connectivity index is 0.000000112. The number of hydrogen-bond acceptors (Lipinski definition) is 2. The molecule has 0 aromatic rings. The number of rotatable bonds is 0. The van der Waals surface area contributed by atoms with Crippen LogP contribution in [0.1, 0.15) is 32.1 Å². The van der Waals surface area contributed by atoms with Gasteiger partial charge in [-0.05, 0) is 0 Å². The summed E-state index contributed by atoms with van der Waals surface area (Å²) in [4.78, 5) is 0. The van der Waals surface area contributed by atoms with E-state index in [0.29, 0.717) is 0 Å². The third-order valence-corrected chi connectivity index (χ3v) is 1.99. The molecule has 2 aliphatic rings. The first-order chi connectivity index (χ1) is 5.50. The summed E-state index contributed by atoms with van der Waals surface area (Å²) < 4.78 is 9.89. The molecule has 1 heterocycles. The van der Waals surface area contributed by atoms with Crippen molar-refractivity contribution < 1.29 is 9.47 Å². The van der Waals surface area contributed by atoms with Crippen molar-refractivity contribution in [2.24, 2.45) is 0 Å². The molecule has 0 spiro atoms. The number of hydrogen-bond donors (Lipinski definition) is 0. The predicted octanol–water partition coefficient (Wildman–Crippen LogP) is 1.98. The largest absolute Gasteiger partial charge is 0.377 e. The molecule has 2 nitrogen and oxygen atoms in total. The van der Waals surface area contributed by atoms with Crippen molar-refractivity contribution in [3.8, 4) is 0 Å². The molecule has 66 valence electrons. The van der Waals surface area contributed by atoms with Gasteiger partial charge >= 0.3 is 0 Å². The fourth-order valence-electron chi connectivity index (χ4n) is 1.32. The van der Waals surface area contributed by atoms with Crippen molar-refractivity contribution in [3.63, 3.8) is 0 Å². The molecular weight excluding hydrogens is 140 g/mol. The topological polar surface area (TPSA) is 18.5 Å². The van der Waals surface area contributed by atoms with Gasteiger partial charge in [-0.15, -0.1) is 0 Å². The van der Waals surface area contributed by atoms with E-state index >= 15 is 0 Å². The molecule has 0 bridgehead atoms. The van der Waals surface area contributed by atoms with E-state index in [1.807, 2.05) is 0 Å². The van der Waals surface area contributed by atoms with Crippen molar-refractivity contribution in [3.05, 3.63) is 0 Å². The zero-order chi connectivity index (χ0) is 7.78. The van der Waals surface area contributed by atoms with Gasteiger partial charge in [-0.25, -0.2) is 0 Å². The minimum absolute atomic E-state index is 0.778. The van der Waals surface area contributed by atoms with Crippen molar-refractivity contribution in [1.82, 2.24) is 0 Å². The normalized spacial score (nSPS) is 24.0. The van der Waals surface area contributed by atoms with Gasteiger partial charge in [-0.2, -0.15) is 0 Å². The maximum atomic E-state index is 4.94. The Morgan fingerprint density at radius 3 is 0.909 bits per heavy atom. The van der Waals surface area contributed by atoms with Crippen LogP contribution in [-0.2, 0) is 9.47 Å². The van der Waals surface area contributed by atoms with E-state index < -0.39 is 0 Å². The van der Waals surface area contributed by atoms with Gasteiger partial charge in [0, 0.05) is 0 Å². The Labute approximate surface area is 68.9 Å². The molecule has 2 rings (SSSR count). The van der Waals surface area contributed by atoms with E-state index in [1.165, 1.54) is 32.1 Å². The third kappa shape index (κ3) is 5.22. The summed E-state index contributed by atoms with van der Waals surface area (Å²) >= 11 is 0. The quantitative estimate of drug-likeness (QED) is 0.536. The average molecular weight is 158 g/mol. The second-order valence-electron chi connectivity index (χ2n) is 2.99. The van der Waals surface area contributed by atoms with Crippen LogP contribution in [0.3, 0.4) is 0 Å². The SMILES string of the molecule is C1CCCC1.C1COCCO1. The molecule has 1 aliphatic heterocycles. The van der Waals surface area contributed by atoms with E-state index in [2.05, 4.69) is 0 Å². The number of ether oxygens (including phenoxy) is 2. The van der Waals surface area contributed by atoms with Crippen molar-refractivity contribution in [2.75, 3.05) is 26.4 Å². The highest BCUT2D eigenvalue weighted by Crippen LogP contribution is 2.15. The van der Waals surface area contributed by atoms with E-state index in [0.717, 1.165) is 26.4 Å². The summed E-state index contributed by atoms with van der Waals surface area (Å²) in [5.74, 6) is 0. The standard InChI is InChI=1S/C5H10.C4H8O2/c1-2-4-5-3-1;1-2-6-4-3-5-1/h1-5H2;1-4H2. The molecule has 2 heteroatoms. The highest BCUT2D eigenvalue weighted by molar-refractivity contribution is 4.51. The molecule has 0 unspecified atom stereocenters. The lowest BCUT2D eigenvalue weighted by molar-refractivity contribution is -0.0334. The molecule has 0 aromatic heterocycles. The van der Waals surface area contributed by atoms with Crippen LogP contribution in [0.5, 0.6) is 0 Å². The van der Waals surface area contributed by atoms with Gasteiger partial charge in [0.05, 0.1) is 26.4 Å². The lowest BCUT2D eigenvalue weighted by atomic mass is 10.4. The van der Waals surface area contributed by atoms with Crippen molar-refractivity contribution in [2.45, 2.75) is 32.1 Å². The summed E-state index contributed by atoms with van der Waals surface area (Å²) in [6.07, 6.45) is 7.50. The first-order valence-corrected chi connectivity index (χ1v) is 4.65. The average Bonchev–Trinajstić information content (AvgIpc) is 2.64. The molecule has 0 radical (unpaired) electrons. The highest BCUT2D eigenvalue weighted by atomic mass is 16.6. The van der Waals surface area contributed by atoms with Crippen LogP contribution < -0.4 is 0 Å². The van der Waals surface area contributed by atoms with Gasteiger partial charge in [-0.3, -0.25) is 0 Å². The molecule has 2 fully saturated rings. The second-order valence-corrected chi connectivity index (χ2v) is 2.99. The van der Waals surface area contributed by atoms with Gasteiger partial charge in [0.2, 0.25) is 0 Å². The second kappa shape index (κ2) is 6.62. The molecule has 0 aromatic carbocycles. The minimum Gasteiger partial charge on any atom is -0.377 e.